The number of likely N-dealkylation sites (tertiary alicyclic amines) is 1. The SMILES string of the molecule is CN(Cc1ncn[nH]1)C(=O)N1CCCC(CC(=O)O)C1. The van der Waals surface area contributed by atoms with Gasteiger partial charge in [-0.15, -0.1) is 0 Å². The molecule has 1 unspecified atom stereocenters. The topological polar surface area (TPSA) is 102 Å². The van der Waals surface area contributed by atoms with Crippen LogP contribution in [0.15, 0.2) is 6.33 Å². The second-order valence-electron chi connectivity index (χ2n) is 5.12. The summed E-state index contributed by atoms with van der Waals surface area (Å²) in [5.41, 5.74) is 0. The third-order valence-corrected chi connectivity index (χ3v) is 3.43. The number of hydrogen-bond acceptors (Lipinski definition) is 4. The summed E-state index contributed by atoms with van der Waals surface area (Å²) in [6.07, 6.45) is 3.23. The lowest BCUT2D eigenvalue weighted by Gasteiger charge is -2.34. The molecule has 20 heavy (non-hydrogen) atoms. The first kappa shape index (κ1) is 14.3. The van der Waals surface area contributed by atoms with Crippen molar-refractivity contribution in [3.05, 3.63) is 12.2 Å². The van der Waals surface area contributed by atoms with Gasteiger partial charge in [-0.3, -0.25) is 9.89 Å². The molecule has 1 aliphatic rings. The van der Waals surface area contributed by atoms with Gasteiger partial charge in [0, 0.05) is 26.6 Å². The molecule has 0 saturated carbocycles. The lowest BCUT2D eigenvalue weighted by Crippen LogP contribution is -2.46. The van der Waals surface area contributed by atoms with Crippen LogP contribution in [-0.4, -0.2) is 62.2 Å². The molecule has 0 bridgehead atoms. The molecule has 1 atom stereocenters. The van der Waals surface area contributed by atoms with Crippen LogP contribution in [0.2, 0.25) is 0 Å². The fourth-order valence-corrected chi connectivity index (χ4v) is 2.49. The summed E-state index contributed by atoms with van der Waals surface area (Å²) in [5.74, 6) is -0.136. The van der Waals surface area contributed by atoms with E-state index in [9.17, 15) is 9.59 Å². The van der Waals surface area contributed by atoms with Crippen molar-refractivity contribution >= 4 is 12.0 Å². The predicted octanol–water partition coefficient (Wildman–Crippen LogP) is 0.543. The number of rotatable bonds is 4. The molecule has 1 aromatic rings. The monoisotopic (exact) mass is 281 g/mol. The van der Waals surface area contributed by atoms with Crippen LogP contribution in [0.5, 0.6) is 0 Å². The molecule has 0 aromatic carbocycles. The largest absolute Gasteiger partial charge is 0.481 e. The molecule has 2 amide bonds. The van der Waals surface area contributed by atoms with Gasteiger partial charge in [0.25, 0.3) is 0 Å². The molecule has 8 nitrogen and oxygen atoms in total. The minimum Gasteiger partial charge on any atom is -0.481 e. The zero-order valence-electron chi connectivity index (χ0n) is 11.4. The van der Waals surface area contributed by atoms with Crippen LogP contribution in [0.4, 0.5) is 4.79 Å². The maximum Gasteiger partial charge on any atom is 0.320 e. The first-order valence-corrected chi connectivity index (χ1v) is 6.62. The van der Waals surface area contributed by atoms with Crippen LogP contribution < -0.4 is 0 Å². The van der Waals surface area contributed by atoms with E-state index >= 15 is 0 Å². The molecular weight excluding hydrogens is 262 g/mol. The Labute approximate surface area is 116 Å². The number of aliphatic carboxylic acids is 1. The van der Waals surface area contributed by atoms with Crippen LogP contribution in [0.25, 0.3) is 0 Å². The Bertz CT molecular complexity index is 462. The van der Waals surface area contributed by atoms with Gasteiger partial charge in [-0.1, -0.05) is 0 Å². The van der Waals surface area contributed by atoms with Gasteiger partial charge in [0.2, 0.25) is 0 Å². The van der Waals surface area contributed by atoms with E-state index in [1.54, 1.807) is 16.8 Å². The second kappa shape index (κ2) is 6.36. The number of carbonyl (C=O) groups is 2. The number of urea groups is 1. The average molecular weight is 281 g/mol. The number of aromatic amines is 1. The molecule has 110 valence electrons. The van der Waals surface area contributed by atoms with E-state index in [0.29, 0.717) is 25.5 Å². The maximum atomic E-state index is 12.3. The van der Waals surface area contributed by atoms with Crippen LogP contribution in [0.3, 0.4) is 0 Å². The Balaban J connectivity index is 1.89. The number of H-pyrrole nitrogens is 1. The molecule has 2 heterocycles. The van der Waals surface area contributed by atoms with Crippen molar-refractivity contribution in [3.63, 3.8) is 0 Å². The summed E-state index contributed by atoms with van der Waals surface area (Å²) in [7, 11) is 1.70. The molecule has 2 rings (SSSR count). The Morgan fingerprint density at radius 1 is 1.60 bits per heavy atom. The fourth-order valence-electron chi connectivity index (χ4n) is 2.49. The number of nitrogens with zero attached hydrogens (tertiary/aromatic N) is 4. The van der Waals surface area contributed by atoms with Crippen molar-refractivity contribution in [1.29, 1.82) is 0 Å². The molecule has 0 aliphatic carbocycles. The lowest BCUT2D eigenvalue weighted by molar-refractivity contribution is -0.138. The van der Waals surface area contributed by atoms with Crippen LogP contribution in [-0.2, 0) is 11.3 Å². The number of carbonyl (C=O) groups excluding carboxylic acids is 1. The summed E-state index contributed by atoms with van der Waals surface area (Å²) >= 11 is 0. The number of carboxylic acids is 1. The Morgan fingerprint density at radius 2 is 2.40 bits per heavy atom. The standard InChI is InChI=1S/C12H19N5O3/c1-16(7-10-13-8-14-15-10)12(20)17-4-2-3-9(6-17)5-11(18)19/h8-9H,2-7H2,1H3,(H,18,19)(H,13,14,15). The molecule has 0 spiro atoms. The highest BCUT2D eigenvalue weighted by molar-refractivity contribution is 5.74. The van der Waals surface area contributed by atoms with Crippen LogP contribution in [0, 0.1) is 5.92 Å². The molecule has 8 heteroatoms. The number of aromatic nitrogens is 3. The smallest absolute Gasteiger partial charge is 0.320 e. The molecule has 1 fully saturated rings. The van der Waals surface area contributed by atoms with Crippen molar-refractivity contribution in [2.45, 2.75) is 25.8 Å². The van der Waals surface area contributed by atoms with E-state index in [4.69, 9.17) is 5.11 Å². The average Bonchev–Trinajstić information content (AvgIpc) is 2.90. The lowest BCUT2D eigenvalue weighted by atomic mass is 9.95. The maximum absolute atomic E-state index is 12.3. The highest BCUT2D eigenvalue weighted by Gasteiger charge is 2.27. The van der Waals surface area contributed by atoms with Crippen molar-refractivity contribution in [1.82, 2.24) is 25.0 Å². The normalized spacial score (nSPS) is 18.9. The number of nitrogens with one attached hydrogen (secondary N) is 1. The summed E-state index contributed by atoms with van der Waals surface area (Å²) in [4.78, 5) is 30.3. The van der Waals surface area contributed by atoms with Gasteiger partial charge in [-0.2, -0.15) is 5.10 Å². The van der Waals surface area contributed by atoms with Gasteiger partial charge >= 0.3 is 12.0 Å². The summed E-state index contributed by atoms with van der Waals surface area (Å²) < 4.78 is 0. The van der Waals surface area contributed by atoms with Crippen molar-refractivity contribution in [2.75, 3.05) is 20.1 Å². The number of amides is 2. The van der Waals surface area contributed by atoms with E-state index in [0.717, 1.165) is 12.8 Å². The highest BCUT2D eigenvalue weighted by Crippen LogP contribution is 2.20. The van der Waals surface area contributed by atoms with Crippen molar-refractivity contribution in [2.24, 2.45) is 5.92 Å². The Kier molecular flexibility index (Phi) is 4.54. The minimum absolute atomic E-state index is 0.0453. The minimum atomic E-state index is -0.806. The quantitative estimate of drug-likeness (QED) is 0.838. The van der Waals surface area contributed by atoms with Gasteiger partial charge in [-0.05, 0) is 18.8 Å². The number of hydrogen-bond donors (Lipinski definition) is 2. The zero-order chi connectivity index (χ0) is 14.5. The van der Waals surface area contributed by atoms with E-state index in [2.05, 4.69) is 15.2 Å². The van der Waals surface area contributed by atoms with Gasteiger partial charge < -0.3 is 14.9 Å². The van der Waals surface area contributed by atoms with E-state index in [-0.39, 0.29) is 18.4 Å². The van der Waals surface area contributed by atoms with E-state index in [1.165, 1.54) is 6.33 Å². The highest BCUT2D eigenvalue weighted by atomic mass is 16.4. The third kappa shape index (κ3) is 3.69. The van der Waals surface area contributed by atoms with Gasteiger partial charge in [0.05, 0.1) is 6.54 Å². The first-order valence-electron chi connectivity index (χ1n) is 6.62. The summed E-state index contributed by atoms with van der Waals surface area (Å²) in [6, 6.07) is -0.100. The second-order valence-corrected chi connectivity index (χ2v) is 5.12. The molecule has 2 N–H and O–H groups in total. The van der Waals surface area contributed by atoms with Crippen LogP contribution >= 0.6 is 0 Å². The van der Waals surface area contributed by atoms with Gasteiger partial charge in [0.15, 0.2) is 0 Å². The van der Waals surface area contributed by atoms with E-state index < -0.39 is 5.97 Å². The van der Waals surface area contributed by atoms with Crippen molar-refractivity contribution in [3.8, 4) is 0 Å². The Hall–Kier alpha value is -2.12. The molecule has 1 aliphatic heterocycles. The van der Waals surface area contributed by atoms with Crippen LogP contribution in [0.1, 0.15) is 25.1 Å². The molecule has 1 aromatic heterocycles. The first-order chi connectivity index (χ1) is 9.56. The summed E-state index contributed by atoms with van der Waals surface area (Å²) in [6.45, 7) is 1.54. The molecule has 1 saturated heterocycles. The van der Waals surface area contributed by atoms with Crippen molar-refractivity contribution < 1.29 is 14.7 Å². The summed E-state index contributed by atoms with van der Waals surface area (Å²) in [5, 5.41) is 15.3. The predicted molar refractivity (Wildman–Crippen MR) is 69.8 cm³/mol. The number of piperidine rings is 1. The molecular formula is C12H19N5O3. The Morgan fingerprint density at radius 3 is 3.05 bits per heavy atom. The third-order valence-electron chi connectivity index (χ3n) is 3.43. The fraction of sp³-hybridized carbons (Fsp3) is 0.667. The zero-order valence-corrected chi connectivity index (χ0v) is 11.4. The molecule has 0 radical (unpaired) electrons. The number of carboxylic acid groups (broad SMARTS) is 1. The van der Waals surface area contributed by atoms with E-state index in [1.807, 2.05) is 0 Å². The van der Waals surface area contributed by atoms with Gasteiger partial charge in [0.1, 0.15) is 12.2 Å². The van der Waals surface area contributed by atoms with Gasteiger partial charge in [-0.25, -0.2) is 9.78 Å².